The van der Waals surface area contributed by atoms with Gasteiger partial charge in [0, 0.05) is 6.04 Å². The highest BCUT2D eigenvalue weighted by atomic mass is 35.5. The molecule has 4 atom stereocenters. The molecule has 0 aromatic heterocycles. The molecule has 4 heteroatoms. The summed E-state index contributed by atoms with van der Waals surface area (Å²) in [5.74, 6) is 2.02. The van der Waals surface area contributed by atoms with Crippen molar-refractivity contribution in [2.45, 2.75) is 44.8 Å². The molecule has 1 N–H and O–H groups in total. The predicted molar refractivity (Wildman–Crippen MR) is 78.9 cm³/mol. The maximum absolute atomic E-state index is 12.2. The summed E-state index contributed by atoms with van der Waals surface area (Å²) >= 11 is 6.04. The molecule has 0 heterocycles. The summed E-state index contributed by atoms with van der Waals surface area (Å²) in [6, 6.07) is 7.58. The monoisotopic (exact) mass is 293 g/mol. The van der Waals surface area contributed by atoms with E-state index in [9.17, 15) is 4.79 Å². The minimum atomic E-state index is -0.519. The summed E-state index contributed by atoms with van der Waals surface area (Å²) < 4.78 is 5.65. The van der Waals surface area contributed by atoms with Crippen LogP contribution in [0.15, 0.2) is 24.3 Å². The van der Waals surface area contributed by atoms with E-state index in [-0.39, 0.29) is 5.91 Å². The van der Waals surface area contributed by atoms with E-state index < -0.39 is 6.10 Å². The minimum absolute atomic E-state index is 0.0394. The molecule has 0 spiro atoms. The Morgan fingerprint density at radius 3 is 2.80 bits per heavy atom. The number of hydrogen-bond donors (Lipinski definition) is 1. The number of halogens is 1. The van der Waals surface area contributed by atoms with Gasteiger partial charge in [-0.3, -0.25) is 4.79 Å². The highest BCUT2D eigenvalue weighted by Gasteiger charge is 2.40. The number of nitrogens with one attached hydrogen (secondary N) is 1. The highest BCUT2D eigenvalue weighted by molar-refractivity contribution is 6.32. The Kier molecular flexibility index (Phi) is 3.88. The lowest BCUT2D eigenvalue weighted by Gasteiger charge is -2.25. The molecule has 0 aliphatic heterocycles. The molecule has 2 aliphatic carbocycles. The highest BCUT2D eigenvalue weighted by Crippen LogP contribution is 2.44. The molecule has 3 rings (SSSR count). The summed E-state index contributed by atoms with van der Waals surface area (Å²) in [6.07, 6.45) is 4.49. The largest absolute Gasteiger partial charge is 0.479 e. The standard InChI is InChI=1S/C16H20ClNO2/c1-10(20-15-5-3-2-4-13(15)17)16(19)18-14-9-11-6-7-12(14)8-11/h2-5,10-12,14H,6-9H2,1H3,(H,18,19)/t10-,11+,12+,14-/m1/s1. The Morgan fingerprint density at radius 1 is 1.35 bits per heavy atom. The molecule has 2 bridgehead atoms. The number of benzene rings is 1. The lowest BCUT2D eigenvalue weighted by molar-refractivity contribution is -0.128. The van der Waals surface area contributed by atoms with Crippen LogP contribution < -0.4 is 10.1 Å². The Hall–Kier alpha value is -1.22. The van der Waals surface area contributed by atoms with Crippen molar-refractivity contribution in [1.82, 2.24) is 5.32 Å². The third-order valence-electron chi connectivity index (χ3n) is 4.58. The van der Waals surface area contributed by atoms with E-state index in [0.29, 0.717) is 22.7 Å². The van der Waals surface area contributed by atoms with Crippen LogP contribution in [0.25, 0.3) is 0 Å². The second kappa shape index (κ2) is 5.65. The number of rotatable bonds is 4. The van der Waals surface area contributed by atoms with E-state index in [1.54, 1.807) is 19.1 Å². The fourth-order valence-electron chi connectivity index (χ4n) is 3.51. The zero-order valence-corrected chi connectivity index (χ0v) is 12.4. The molecule has 3 nitrogen and oxygen atoms in total. The van der Waals surface area contributed by atoms with E-state index in [1.807, 2.05) is 12.1 Å². The van der Waals surface area contributed by atoms with Crippen LogP contribution in [0, 0.1) is 11.8 Å². The lowest BCUT2D eigenvalue weighted by Crippen LogP contribution is -2.44. The molecule has 0 unspecified atom stereocenters. The van der Waals surface area contributed by atoms with Gasteiger partial charge in [0.1, 0.15) is 5.75 Å². The van der Waals surface area contributed by atoms with Crippen molar-refractivity contribution in [3.05, 3.63) is 29.3 Å². The molecule has 0 radical (unpaired) electrons. The number of fused-ring (bicyclic) bond motifs is 2. The molecule has 20 heavy (non-hydrogen) atoms. The van der Waals surface area contributed by atoms with Crippen LogP contribution in [-0.2, 0) is 4.79 Å². The van der Waals surface area contributed by atoms with Crippen molar-refractivity contribution in [3.63, 3.8) is 0 Å². The van der Waals surface area contributed by atoms with Crippen molar-refractivity contribution in [2.24, 2.45) is 11.8 Å². The van der Waals surface area contributed by atoms with Crippen LogP contribution in [0.1, 0.15) is 32.6 Å². The minimum Gasteiger partial charge on any atom is -0.479 e. The third kappa shape index (κ3) is 2.78. The number of ether oxygens (including phenoxy) is 1. The molecular weight excluding hydrogens is 274 g/mol. The normalized spacial score (nSPS) is 29.2. The van der Waals surface area contributed by atoms with Crippen LogP contribution in [0.2, 0.25) is 5.02 Å². The summed E-state index contributed by atoms with van der Waals surface area (Å²) in [7, 11) is 0. The fourth-order valence-corrected chi connectivity index (χ4v) is 3.69. The van der Waals surface area contributed by atoms with Crippen molar-refractivity contribution in [3.8, 4) is 5.75 Å². The number of carbonyl (C=O) groups excluding carboxylic acids is 1. The van der Waals surface area contributed by atoms with Gasteiger partial charge in [-0.2, -0.15) is 0 Å². The third-order valence-corrected chi connectivity index (χ3v) is 4.89. The van der Waals surface area contributed by atoms with E-state index in [4.69, 9.17) is 16.3 Å². The molecule has 2 aliphatic rings. The Bertz CT molecular complexity index is 505. The predicted octanol–water partition coefficient (Wildman–Crippen LogP) is 3.41. The van der Waals surface area contributed by atoms with Gasteiger partial charge in [-0.15, -0.1) is 0 Å². The van der Waals surface area contributed by atoms with Gasteiger partial charge < -0.3 is 10.1 Å². The lowest BCUT2D eigenvalue weighted by atomic mass is 9.95. The number of carbonyl (C=O) groups is 1. The molecule has 2 fully saturated rings. The van der Waals surface area contributed by atoms with Gasteiger partial charge in [0.2, 0.25) is 0 Å². The van der Waals surface area contributed by atoms with Crippen LogP contribution in [0.5, 0.6) is 5.75 Å². The maximum atomic E-state index is 12.2. The summed E-state index contributed by atoms with van der Waals surface area (Å²) in [5, 5.41) is 3.68. The quantitative estimate of drug-likeness (QED) is 0.924. The first kappa shape index (κ1) is 13.7. The van der Waals surface area contributed by atoms with Crippen molar-refractivity contribution in [2.75, 3.05) is 0 Å². The zero-order valence-electron chi connectivity index (χ0n) is 11.6. The fraction of sp³-hybridized carbons (Fsp3) is 0.562. The van der Waals surface area contributed by atoms with Gasteiger partial charge in [-0.05, 0) is 50.2 Å². The average Bonchev–Trinajstić information content (AvgIpc) is 3.03. The molecule has 0 saturated heterocycles. The van der Waals surface area contributed by atoms with Gasteiger partial charge in [0.05, 0.1) is 5.02 Å². The average molecular weight is 294 g/mol. The SMILES string of the molecule is C[C@@H](Oc1ccccc1Cl)C(=O)N[C@@H]1C[C@H]2CC[C@H]1C2. The van der Waals surface area contributed by atoms with Gasteiger partial charge in [0.15, 0.2) is 6.10 Å². The van der Waals surface area contributed by atoms with E-state index in [2.05, 4.69) is 5.32 Å². The van der Waals surface area contributed by atoms with Gasteiger partial charge in [0.25, 0.3) is 5.91 Å². The Morgan fingerprint density at radius 2 is 2.15 bits per heavy atom. The van der Waals surface area contributed by atoms with Crippen molar-refractivity contribution < 1.29 is 9.53 Å². The molecular formula is C16H20ClNO2. The Labute approximate surface area is 124 Å². The first-order valence-electron chi connectivity index (χ1n) is 7.35. The van der Waals surface area contributed by atoms with Crippen molar-refractivity contribution in [1.29, 1.82) is 0 Å². The van der Waals surface area contributed by atoms with E-state index >= 15 is 0 Å². The molecule has 108 valence electrons. The number of para-hydroxylation sites is 1. The molecule has 1 amide bonds. The smallest absolute Gasteiger partial charge is 0.261 e. The van der Waals surface area contributed by atoms with Crippen LogP contribution >= 0.6 is 11.6 Å². The van der Waals surface area contributed by atoms with Crippen LogP contribution in [-0.4, -0.2) is 18.1 Å². The van der Waals surface area contributed by atoms with Gasteiger partial charge in [-0.1, -0.05) is 30.2 Å². The second-order valence-electron chi connectivity index (χ2n) is 5.98. The number of hydrogen-bond acceptors (Lipinski definition) is 2. The second-order valence-corrected chi connectivity index (χ2v) is 6.39. The van der Waals surface area contributed by atoms with E-state index in [1.165, 1.54) is 19.3 Å². The van der Waals surface area contributed by atoms with Crippen LogP contribution in [0.3, 0.4) is 0 Å². The first-order chi connectivity index (χ1) is 9.63. The first-order valence-corrected chi connectivity index (χ1v) is 7.73. The summed E-state index contributed by atoms with van der Waals surface area (Å²) in [6.45, 7) is 1.77. The topological polar surface area (TPSA) is 38.3 Å². The van der Waals surface area contributed by atoms with Gasteiger partial charge in [-0.25, -0.2) is 0 Å². The zero-order chi connectivity index (χ0) is 14.1. The van der Waals surface area contributed by atoms with E-state index in [0.717, 1.165) is 12.3 Å². The number of amides is 1. The molecule has 2 saturated carbocycles. The maximum Gasteiger partial charge on any atom is 0.261 e. The summed E-state index contributed by atoms with van der Waals surface area (Å²) in [4.78, 5) is 12.2. The van der Waals surface area contributed by atoms with Crippen molar-refractivity contribution >= 4 is 17.5 Å². The molecule has 1 aromatic carbocycles. The molecule has 1 aromatic rings. The Balaban J connectivity index is 1.56. The summed E-state index contributed by atoms with van der Waals surface area (Å²) in [5.41, 5.74) is 0. The van der Waals surface area contributed by atoms with Crippen LogP contribution in [0.4, 0.5) is 0 Å². The van der Waals surface area contributed by atoms with Gasteiger partial charge >= 0.3 is 0 Å².